The minimum atomic E-state index is -3.35. The SMILES string of the molecule is CCS(=O)(=O)N1CC(CC#N)(n2cc(-c3nc(Nc4cnn(C(=O)COC)c4)nc(C)c3SC)cn2)C1. The van der Waals surface area contributed by atoms with E-state index in [1.54, 1.807) is 24.0 Å². The Labute approximate surface area is 218 Å². The molecule has 1 aliphatic heterocycles. The maximum Gasteiger partial charge on any atom is 0.272 e. The second-order valence-corrected chi connectivity index (χ2v) is 11.6. The average molecular weight is 546 g/mol. The normalized spacial score (nSPS) is 15.2. The van der Waals surface area contributed by atoms with Gasteiger partial charge in [-0.3, -0.25) is 9.48 Å². The highest BCUT2D eigenvalue weighted by Gasteiger charge is 2.49. The lowest BCUT2D eigenvalue weighted by molar-refractivity contribution is 0.0719. The number of hydrogen-bond acceptors (Lipinski definition) is 11. The smallest absolute Gasteiger partial charge is 0.272 e. The van der Waals surface area contributed by atoms with E-state index in [0.29, 0.717) is 22.9 Å². The molecule has 0 atom stereocenters. The van der Waals surface area contributed by atoms with Gasteiger partial charge in [0.05, 0.1) is 58.8 Å². The topological polar surface area (TPSA) is 161 Å². The van der Waals surface area contributed by atoms with E-state index in [1.165, 1.54) is 40.3 Å². The van der Waals surface area contributed by atoms with E-state index in [2.05, 4.69) is 26.6 Å². The van der Waals surface area contributed by atoms with Gasteiger partial charge in [-0.05, 0) is 20.1 Å². The van der Waals surface area contributed by atoms with Crippen molar-refractivity contribution in [3.8, 4) is 17.3 Å². The molecule has 0 radical (unpaired) electrons. The summed E-state index contributed by atoms with van der Waals surface area (Å²) in [4.78, 5) is 22.1. The zero-order valence-corrected chi connectivity index (χ0v) is 22.5. The number of methoxy groups -OCH3 is 1. The molecule has 1 saturated heterocycles. The maximum absolute atomic E-state index is 12.3. The number of aryl methyl sites for hydroxylation is 1. The summed E-state index contributed by atoms with van der Waals surface area (Å²) >= 11 is 1.49. The molecule has 0 amide bonds. The van der Waals surface area contributed by atoms with Crippen LogP contribution in [-0.4, -0.2) is 87.0 Å². The molecule has 13 nitrogen and oxygen atoms in total. The third-order valence-corrected chi connectivity index (χ3v) is 8.72. The number of hydrogen-bond donors (Lipinski definition) is 1. The number of sulfonamides is 1. The number of aromatic nitrogens is 6. The molecule has 0 spiro atoms. The highest BCUT2D eigenvalue weighted by Crippen LogP contribution is 2.37. The van der Waals surface area contributed by atoms with E-state index in [4.69, 9.17) is 9.72 Å². The summed E-state index contributed by atoms with van der Waals surface area (Å²) in [5, 5.41) is 21.1. The number of nitrogens with one attached hydrogen (secondary N) is 1. The number of carbonyl (C=O) groups is 1. The molecule has 1 fully saturated rings. The van der Waals surface area contributed by atoms with Crippen LogP contribution >= 0.6 is 11.8 Å². The second-order valence-electron chi connectivity index (χ2n) is 8.54. The van der Waals surface area contributed by atoms with Gasteiger partial charge in [0, 0.05) is 32.0 Å². The fourth-order valence-electron chi connectivity index (χ4n) is 4.08. The Kier molecular flexibility index (Phi) is 7.64. The summed E-state index contributed by atoms with van der Waals surface area (Å²) in [6, 6.07) is 2.17. The van der Waals surface area contributed by atoms with Crippen molar-refractivity contribution < 1.29 is 17.9 Å². The monoisotopic (exact) mass is 545 g/mol. The highest BCUT2D eigenvalue weighted by molar-refractivity contribution is 7.98. The Morgan fingerprint density at radius 3 is 2.68 bits per heavy atom. The first-order valence-corrected chi connectivity index (χ1v) is 14.2. The van der Waals surface area contributed by atoms with Gasteiger partial charge >= 0.3 is 0 Å². The lowest BCUT2D eigenvalue weighted by atomic mass is 9.89. The van der Waals surface area contributed by atoms with E-state index < -0.39 is 15.6 Å². The van der Waals surface area contributed by atoms with Crippen LogP contribution in [-0.2, 0) is 20.3 Å². The molecular weight excluding hydrogens is 518 g/mol. The number of anilines is 2. The standard InChI is InChI=1S/C22H27N9O4S2/c1-5-37(33,34)29-13-22(14-29,6-7-23)31-10-16(8-25-31)19-20(36-4)15(2)26-21(28-19)27-17-9-24-30(11-17)18(32)12-35-3/h8-11H,5-6,12-14H2,1-4H3,(H,26,27,28). The van der Waals surface area contributed by atoms with Crippen molar-refractivity contribution in [3.05, 3.63) is 30.5 Å². The Morgan fingerprint density at radius 2 is 2.03 bits per heavy atom. The molecule has 3 aromatic heterocycles. The van der Waals surface area contributed by atoms with Crippen molar-refractivity contribution in [3.63, 3.8) is 0 Å². The van der Waals surface area contributed by atoms with Crippen molar-refractivity contribution in [1.29, 1.82) is 5.26 Å². The maximum atomic E-state index is 12.3. The molecule has 4 heterocycles. The van der Waals surface area contributed by atoms with Gasteiger partial charge in [0.25, 0.3) is 5.91 Å². The molecular formula is C22H27N9O4S2. The molecule has 0 bridgehead atoms. The van der Waals surface area contributed by atoms with Gasteiger partial charge in [0.2, 0.25) is 16.0 Å². The number of rotatable bonds is 10. The van der Waals surface area contributed by atoms with Crippen molar-refractivity contribution >= 4 is 39.3 Å². The minimum absolute atomic E-state index is 0.00646. The molecule has 196 valence electrons. The van der Waals surface area contributed by atoms with Crippen LogP contribution in [0, 0.1) is 18.3 Å². The van der Waals surface area contributed by atoms with Gasteiger partial charge in [-0.2, -0.15) is 19.8 Å². The summed E-state index contributed by atoms with van der Waals surface area (Å²) < 4.78 is 33.6. The quantitative estimate of drug-likeness (QED) is 0.370. The number of nitrogens with zero attached hydrogens (tertiary/aromatic N) is 8. The molecule has 3 aromatic rings. The van der Waals surface area contributed by atoms with Crippen LogP contribution in [0.25, 0.3) is 11.3 Å². The molecule has 0 saturated carbocycles. The van der Waals surface area contributed by atoms with Crippen LogP contribution in [0.1, 0.15) is 23.8 Å². The predicted octanol–water partition coefficient (Wildman–Crippen LogP) is 1.87. The third kappa shape index (κ3) is 5.23. The molecule has 37 heavy (non-hydrogen) atoms. The largest absolute Gasteiger partial charge is 0.375 e. The summed E-state index contributed by atoms with van der Waals surface area (Å²) in [5.41, 5.74) is 1.88. The molecule has 15 heteroatoms. The van der Waals surface area contributed by atoms with Crippen molar-refractivity contribution in [2.45, 2.75) is 30.7 Å². The highest BCUT2D eigenvalue weighted by atomic mass is 32.2. The van der Waals surface area contributed by atoms with E-state index in [1.807, 2.05) is 13.2 Å². The summed E-state index contributed by atoms with van der Waals surface area (Å²) in [6.45, 7) is 3.75. The first-order valence-electron chi connectivity index (χ1n) is 11.3. The van der Waals surface area contributed by atoms with E-state index in [-0.39, 0.29) is 37.8 Å². The van der Waals surface area contributed by atoms with Gasteiger partial charge in [-0.15, -0.1) is 11.8 Å². The molecule has 0 aromatic carbocycles. The Balaban J connectivity index is 1.63. The second kappa shape index (κ2) is 10.6. The third-order valence-electron chi connectivity index (χ3n) is 6.05. The van der Waals surface area contributed by atoms with E-state index in [0.717, 1.165) is 10.6 Å². The number of ether oxygens (including phenoxy) is 1. The van der Waals surface area contributed by atoms with E-state index in [9.17, 15) is 18.5 Å². The van der Waals surface area contributed by atoms with Crippen LogP contribution in [0.2, 0.25) is 0 Å². The molecule has 0 aliphatic carbocycles. The fraction of sp³-hybridized carbons (Fsp3) is 0.455. The molecule has 1 aliphatic rings. The lowest BCUT2D eigenvalue weighted by Gasteiger charge is -2.47. The number of carbonyl (C=O) groups excluding carboxylic acids is 1. The van der Waals surface area contributed by atoms with Crippen molar-refractivity contribution in [2.24, 2.45) is 0 Å². The Bertz CT molecular complexity index is 1450. The lowest BCUT2D eigenvalue weighted by Crippen LogP contribution is -2.64. The van der Waals surface area contributed by atoms with Gasteiger partial charge in [-0.1, -0.05) is 0 Å². The van der Waals surface area contributed by atoms with Crippen LogP contribution in [0.4, 0.5) is 11.6 Å². The average Bonchev–Trinajstić information content (AvgIpc) is 3.51. The summed E-state index contributed by atoms with van der Waals surface area (Å²) in [7, 11) is -1.91. The van der Waals surface area contributed by atoms with Gasteiger partial charge in [0.15, 0.2) is 0 Å². The van der Waals surface area contributed by atoms with Gasteiger partial charge < -0.3 is 10.1 Å². The van der Waals surface area contributed by atoms with Gasteiger partial charge in [0.1, 0.15) is 12.1 Å². The Hall–Kier alpha value is -3.32. The Morgan fingerprint density at radius 1 is 1.27 bits per heavy atom. The first-order chi connectivity index (χ1) is 17.7. The van der Waals surface area contributed by atoms with Crippen molar-refractivity contribution in [2.75, 3.05) is 44.1 Å². The number of thioether (sulfide) groups is 1. The summed E-state index contributed by atoms with van der Waals surface area (Å²) in [5.74, 6) is 0.00504. The van der Waals surface area contributed by atoms with Crippen LogP contribution in [0.3, 0.4) is 0 Å². The summed E-state index contributed by atoms with van der Waals surface area (Å²) in [6.07, 6.45) is 8.52. The van der Waals surface area contributed by atoms with Crippen LogP contribution in [0.15, 0.2) is 29.7 Å². The minimum Gasteiger partial charge on any atom is -0.375 e. The molecule has 1 N–H and O–H groups in total. The van der Waals surface area contributed by atoms with E-state index >= 15 is 0 Å². The molecule has 4 rings (SSSR count). The first kappa shape index (κ1) is 26.7. The zero-order chi connectivity index (χ0) is 26.8. The number of nitriles is 1. The molecule has 0 unspecified atom stereocenters. The fourth-order valence-corrected chi connectivity index (χ4v) is 6.02. The van der Waals surface area contributed by atoms with Crippen LogP contribution in [0.5, 0.6) is 0 Å². The van der Waals surface area contributed by atoms with Crippen molar-refractivity contribution in [1.82, 2.24) is 33.8 Å². The zero-order valence-electron chi connectivity index (χ0n) is 20.9. The van der Waals surface area contributed by atoms with Crippen LogP contribution < -0.4 is 5.32 Å². The predicted molar refractivity (Wildman–Crippen MR) is 137 cm³/mol. The van der Waals surface area contributed by atoms with Gasteiger partial charge in [-0.25, -0.2) is 23.1 Å².